The van der Waals surface area contributed by atoms with Crippen LogP contribution >= 0.6 is 11.8 Å². The van der Waals surface area contributed by atoms with E-state index in [9.17, 15) is 13.6 Å². The van der Waals surface area contributed by atoms with Gasteiger partial charge in [0.25, 0.3) is 0 Å². The molecule has 1 aliphatic carbocycles. The molecule has 0 unspecified atom stereocenters. The lowest BCUT2D eigenvalue weighted by Gasteiger charge is -2.16. The number of hydrogen-bond acceptors (Lipinski definition) is 5. The molecule has 3 rings (SSSR count). The van der Waals surface area contributed by atoms with Crippen molar-refractivity contribution in [3.63, 3.8) is 0 Å². The second-order valence-electron chi connectivity index (χ2n) is 7.06. The van der Waals surface area contributed by atoms with Gasteiger partial charge in [-0.05, 0) is 43.2 Å². The highest BCUT2D eigenvalue weighted by atomic mass is 32.2. The van der Waals surface area contributed by atoms with Crippen LogP contribution < -0.4 is 10.1 Å². The van der Waals surface area contributed by atoms with Crippen LogP contribution in [0.25, 0.3) is 0 Å². The van der Waals surface area contributed by atoms with E-state index in [1.54, 1.807) is 23.9 Å². The molecule has 1 saturated carbocycles. The summed E-state index contributed by atoms with van der Waals surface area (Å²) in [6.07, 6.45) is 8.63. The Kier molecular flexibility index (Phi) is 7.85. The van der Waals surface area contributed by atoms with E-state index in [-0.39, 0.29) is 18.1 Å². The topological polar surface area (TPSA) is 69.0 Å². The number of ether oxygens (including phenoxy) is 1. The molecule has 2 aromatic rings. The molecule has 1 N–H and O–H groups in total. The fourth-order valence-corrected chi connectivity index (χ4v) is 4.23. The first-order valence-corrected chi connectivity index (χ1v) is 11.1. The summed E-state index contributed by atoms with van der Waals surface area (Å²) in [4.78, 5) is 12.1. The third-order valence-corrected chi connectivity index (χ3v) is 5.66. The predicted octanol–water partition coefficient (Wildman–Crippen LogP) is 4.01. The zero-order valence-corrected chi connectivity index (χ0v) is 17.3. The van der Waals surface area contributed by atoms with Crippen LogP contribution in [0.2, 0.25) is 0 Å². The summed E-state index contributed by atoms with van der Waals surface area (Å²) in [6, 6.07) is 6.60. The molecule has 1 aromatic heterocycles. The lowest BCUT2D eigenvalue weighted by molar-refractivity contribution is -0.120. The highest BCUT2D eigenvalue weighted by molar-refractivity contribution is 7.98. The average molecular weight is 425 g/mol. The first-order valence-electron chi connectivity index (χ1n) is 9.85. The maximum absolute atomic E-state index is 12.2. The molecule has 9 heteroatoms. The Bertz CT molecular complexity index is 792. The van der Waals surface area contributed by atoms with E-state index in [0.29, 0.717) is 12.6 Å². The van der Waals surface area contributed by atoms with Crippen molar-refractivity contribution < 1.29 is 18.3 Å². The number of thioether (sulfide) groups is 1. The summed E-state index contributed by atoms with van der Waals surface area (Å²) in [5, 5.41) is 12.5. The Morgan fingerprint density at radius 1 is 1.28 bits per heavy atom. The largest absolute Gasteiger partial charge is 0.435 e. The first-order chi connectivity index (χ1) is 14.1. The predicted molar refractivity (Wildman–Crippen MR) is 107 cm³/mol. The van der Waals surface area contributed by atoms with Gasteiger partial charge in [-0.25, -0.2) is 0 Å². The van der Waals surface area contributed by atoms with E-state index >= 15 is 0 Å². The SMILES string of the molecule is CSc1nnc(CCCNC(=O)Cc2ccc(OC(F)F)cc2)n1C1CCCC1. The molecule has 6 nitrogen and oxygen atoms in total. The van der Waals surface area contributed by atoms with Gasteiger partial charge in [-0.15, -0.1) is 10.2 Å². The zero-order valence-electron chi connectivity index (χ0n) is 16.4. The van der Waals surface area contributed by atoms with Crippen molar-refractivity contribution >= 4 is 17.7 Å². The lowest BCUT2D eigenvalue weighted by atomic mass is 10.1. The molecule has 1 fully saturated rings. The minimum atomic E-state index is -2.85. The molecular weight excluding hydrogens is 398 g/mol. The van der Waals surface area contributed by atoms with Crippen LogP contribution in [0.1, 0.15) is 49.5 Å². The minimum absolute atomic E-state index is 0.0835. The second kappa shape index (κ2) is 10.6. The molecule has 0 atom stereocenters. The average Bonchev–Trinajstić information content (AvgIpc) is 3.35. The minimum Gasteiger partial charge on any atom is -0.435 e. The van der Waals surface area contributed by atoms with Gasteiger partial charge in [0.05, 0.1) is 6.42 Å². The van der Waals surface area contributed by atoms with E-state index in [1.807, 2.05) is 6.26 Å². The highest BCUT2D eigenvalue weighted by Crippen LogP contribution is 2.33. The van der Waals surface area contributed by atoms with Crippen LogP contribution in [0, 0.1) is 0 Å². The highest BCUT2D eigenvalue weighted by Gasteiger charge is 2.23. The summed E-state index contributed by atoms with van der Waals surface area (Å²) in [5.41, 5.74) is 0.745. The quantitative estimate of drug-likeness (QED) is 0.461. The van der Waals surface area contributed by atoms with Crippen molar-refractivity contribution in [3.8, 4) is 5.75 Å². The summed E-state index contributed by atoms with van der Waals surface area (Å²) < 4.78 is 30.9. The number of nitrogens with one attached hydrogen (secondary N) is 1. The number of carbonyl (C=O) groups excluding carboxylic acids is 1. The van der Waals surface area contributed by atoms with Crippen molar-refractivity contribution in [2.24, 2.45) is 0 Å². The zero-order chi connectivity index (χ0) is 20.6. The third kappa shape index (κ3) is 6.16. The van der Waals surface area contributed by atoms with E-state index in [2.05, 4.69) is 24.8 Å². The van der Waals surface area contributed by atoms with Gasteiger partial charge in [-0.3, -0.25) is 4.79 Å². The molecule has 1 amide bonds. The maximum atomic E-state index is 12.2. The van der Waals surface area contributed by atoms with Crippen LogP contribution in [0.3, 0.4) is 0 Å². The summed E-state index contributed by atoms with van der Waals surface area (Å²) in [7, 11) is 0. The van der Waals surface area contributed by atoms with Gasteiger partial charge in [0.1, 0.15) is 11.6 Å². The lowest BCUT2D eigenvalue weighted by Crippen LogP contribution is -2.26. The standard InChI is InChI=1S/C20H26F2N4O2S/c1-29-20-25-24-17(26(20)15-5-2-3-6-15)7-4-12-23-18(27)13-14-8-10-16(11-9-14)28-19(21)22/h8-11,15,19H,2-7,12-13H2,1H3,(H,23,27). The Labute approximate surface area is 173 Å². The molecular formula is C20H26F2N4O2S. The Hall–Kier alpha value is -2.16. The smallest absolute Gasteiger partial charge is 0.387 e. The van der Waals surface area contributed by atoms with Gasteiger partial charge in [-0.1, -0.05) is 36.7 Å². The van der Waals surface area contributed by atoms with Crippen molar-refractivity contribution in [1.82, 2.24) is 20.1 Å². The number of aryl methyl sites for hydroxylation is 1. The van der Waals surface area contributed by atoms with Crippen LogP contribution in [0.15, 0.2) is 29.4 Å². The van der Waals surface area contributed by atoms with E-state index in [0.717, 1.165) is 29.4 Å². The Morgan fingerprint density at radius 2 is 2.00 bits per heavy atom. The van der Waals surface area contributed by atoms with Gasteiger partial charge in [-0.2, -0.15) is 8.78 Å². The van der Waals surface area contributed by atoms with E-state index < -0.39 is 6.61 Å². The number of carbonyl (C=O) groups is 1. The molecule has 0 aliphatic heterocycles. The molecule has 1 heterocycles. The number of nitrogens with zero attached hydrogens (tertiary/aromatic N) is 3. The van der Waals surface area contributed by atoms with Gasteiger partial charge in [0, 0.05) is 19.0 Å². The van der Waals surface area contributed by atoms with Gasteiger partial charge in [0.15, 0.2) is 5.16 Å². The molecule has 158 valence electrons. The molecule has 1 aliphatic rings. The van der Waals surface area contributed by atoms with Crippen molar-refractivity contribution in [3.05, 3.63) is 35.7 Å². The first kappa shape index (κ1) is 21.5. The van der Waals surface area contributed by atoms with Crippen LogP contribution in [-0.2, 0) is 17.6 Å². The number of rotatable bonds is 10. The normalized spacial score (nSPS) is 14.5. The fraction of sp³-hybridized carbons (Fsp3) is 0.550. The van der Waals surface area contributed by atoms with Crippen LogP contribution in [-0.4, -0.2) is 40.1 Å². The molecule has 0 saturated heterocycles. The number of amides is 1. The summed E-state index contributed by atoms with van der Waals surface area (Å²) in [6.45, 7) is -2.30. The maximum Gasteiger partial charge on any atom is 0.387 e. The summed E-state index contributed by atoms with van der Waals surface area (Å²) in [5.74, 6) is 0.972. The number of hydrogen-bond donors (Lipinski definition) is 1. The van der Waals surface area contributed by atoms with Gasteiger partial charge < -0.3 is 14.6 Å². The molecule has 29 heavy (non-hydrogen) atoms. The van der Waals surface area contributed by atoms with Gasteiger partial charge >= 0.3 is 6.61 Å². The molecule has 0 spiro atoms. The van der Waals surface area contributed by atoms with Crippen LogP contribution in [0.5, 0.6) is 5.75 Å². The van der Waals surface area contributed by atoms with E-state index in [1.165, 1.54) is 37.8 Å². The number of aromatic nitrogens is 3. The summed E-state index contributed by atoms with van der Waals surface area (Å²) >= 11 is 1.62. The Morgan fingerprint density at radius 3 is 2.66 bits per heavy atom. The molecule has 1 aromatic carbocycles. The fourth-order valence-electron chi connectivity index (χ4n) is 3.66. The third-order valence-electron chi connectivity index (χ3n) is 5.02. The van der Waals surface area contributed by atoms with E-state index in [4.69, 9.17) is 0 Å². The molecule has 0 bridgehead atoms. The van der Waals surface area contributed by atoms with Crippen molar-refractivity contribution in [2.45, 2.75) is 62.8 Å². The molecule has 0 radical (unpaired) electrons. The van der Waals surface area contributed by atoms with Crippen molar-refractivity contribution in [2.75, 3.05) is 12.8 Å². The van der Waals surface area contributed by atoms with Crippen molar-refractivity contribution in [1.29, 1.82) is 0 Å². The van der Waals surface area contributed by atoms with Crippen LogP contribution in [0.4, 0.5) is 8.78 Å². The number of alkyl halides is 2. The Balaban J connectivity index is 1.43. The monoisotopic (exact) mass is 424 g/mol. The second-order valence-corrected chi connectivity index (χ2v) is 7.84. The number of halogens is 2. The van der Waals surface area contributed by atoms with Gasteiger partial charge in [0.2, 0.25) is 5.91 Å². The number of benzene rings is 1.